The van der Waals surface area contributed by atoms with E-state index in [4.69, 9.17) is 5.73 Å². The summed E-state index contributed by atoms with van der Waals surface area (Å²) in [4.78, 5) is 2.55. The maximum atomic E-state index is 5.85. The third-order valence-corrected chi connectivity index (χ3v) is 4.03. The van der Waals surface area contributed by atoms with Crippen molar-refractivity contribution in [1.82, 2.24) is 4.90 Å². The molecule has 0 amide bonds. The zero-order valence-electron chi connectivity index (χ0n) is 10.7. The van der Waals surface area contributed by atoms with Gasteiger partial charge in [-0.15, -0.1) is 0 Å². The second-order valence-electron chi connectivity index (χ2n) is 5.26. The Morgan fingerprint density at radius 2 is 1.87 bits per heavy atom. The van der Waals surface area contributed by atoms with E-state index >= 15 is 0 Å². The van der Waals surface area contributed by atoms with Crippen LogP contribution >= 0.6 is 0 Å². The van der Waals surface area contributed by atoms with Crippen molar-refractivity contribution in [2.75, 3.05) is 13.6 Å². The first kappa shape index (κ1) is 13.0. The van der Waals surface area contributed by atoms with Crippen LogP contribution in [-0.4, -0.2) is 30.6 Å². The van der Waals surface area contributed by atoms with E-state index in [1.807, 2.05) is 0 Å². The van der Waals surface area contributed by atoms with Gasteiger partial charge in [-0.3, -0.25) is 4.90 Å². The van der Waals surface area contributed by atoms with Crippen LogP contribution in [0, 0.1) is 5.92 Å². The van der Waals surface area contributed by atoms with E-state index in [0.29, 0.717) is 6.04 Å². The zero-order chi connectivity index (χ0) is 11.3. The second-order valence-corrected chi connectivity index (χ2v) is 5.26. The van der Waals surface area contributed by atoms with Gasteiger partial charge in [0.2, 0.25) is 0 Å². The van der Waals surface area contributed by atoms with E-state index in [9.17, 15) is 0 Å². The molecule has 1 fully saturated rings. The lowest BCUT2D eigenvalue weighted by Crippen LogP contribution is -2.45. The molecule has 0 radical (unpaired) electrons. The highest BCUT2D eigenvalue weighted by atomic mass is 15.2. The molecule has 1 aliphatic rings. The van der Waals surface area contributed by atoms with E-state index < -0.39 is 0 Å². The summed E-state index contributed by atoms with van der Waals surface area (Å²) in [5.74, 6) is 0.942. The zero-order valence-corrected chi connectivity index (χ0v) is 10.7. The number of rotatable bonds is 5. The van der Waals surface area contributed by atoms with Crippen molar-refractivity contribution in [1.29, 1.82) is 0 Å². The highest BCUT2D eigenvalue weighted by Crippen LogP contribution is 2.27. The van der Waals surface area contributed by atoms with Crippen LogP contribution in [0.2, 0.25) is 0 Å². The number of hydrogen-bond acceptors (Lipinski definition) is 2. The maximum Gasteiger partial charge on any atom is 0.0218 e. The van der Waals surface area contributed by atoms with Crippen LogP contribution < -0.4 is 5.73 Å². The summed E-state index contributed by atoms with van der Waals surface area (Å²) in [7, 11) is 2.27. The van der Waals surface area contributed by atoms with E-state index in [-0.39, 0.29) is 0 Å². The highest BCUT2D eigenvalue weighted by molar-refractivity contribution is 4.81. The Labute approximate surface area is 95.2 Å². The third-order valence-electron chi connectivity index (χ3n) is 4.03. The van der Waals surface area contributed by atoms with Gasteiger partial charge in [-0.1, -0.05) is 20.3 Å². The van der Waals surface area contributed by atoms with Crippen LogP contribution in [0.15, 0.2) is 0 Å². The Balaban J connectivity index is 2.40. The molecule has 1 rings (SSSR count). The van der Waals surface area contributed by atoms with Crippen molar-refractivity contribution in [3.63, 3.8) is 0 Å². The van der Waals surface area contributed by atoms with Gasteiger partial charge in [0, 0.05) is 18.6 Å². The normalized spacial score (nSPS) is 29.4. The predicted molar refractivity (Wildman–Crippen MR) is 66.9 cm³/mol. The molecule has 0 saturated heterocycles. The molecule has 1 unspecified atom stereocenters. The summed E-state index contributed by atoms with van der Waals surface area (Å²) in [5, 5.41) is 0. The molecule has 0 aromatic rings. The molecule has 15 heavy (non-hydrogen) atoms. The monoisotopic (exact) mass is 212 g/mol. The van der Waals surface area contributed by atoms with E-state index in [0.717, 1.165) is 18.5 Å². The average molecular weight is 212 g/mol. The molecule has 2 N–H and O–H groups in total. The first-order valence-corrected chi connectivity index (χ1v) is 6.61. The van der Waals surface area contributed by atoms with Gasteiger partial charge in [0.15, 0.2) is 0 Å². The minimum Gasteiger partial charge on any atom is -0.329 e. The molecule has 0 aliphatic heterocycles. The van der Waals surface area contributed by atoms with Gasteiger partial charge in [0.1, 0.15) is 0 Å². The summed E-state index contributed by atoms with van der Waals surface area (Å²) in [6, 6.07) is 1.40. The molecule has 0 heterocycles. The number of likely N-dealkylation sites (N-methyl/N-ethyl adjacent to an activating group) is 1. The molecule has 90 valence electrons. The van der Waals surface area contributed by atoms with Crippen molar-refractivity contribution in [3.8, 4) is 0 Å². The Morgan fingerprint density at radius 3 is 2.33 bits per heavy atom. The first-order valence-electron chi connectivity index (χ1n) is 6.61. The van der Waals surface area contributed by atoms with Crippen molar-refractivity contribution in [3.05, 3.63) is 0 Å². The first-order chi connectivity index (χ1) is 7.19. The van der Waals surface area contributed by atoms with Gasteiger partial charge in [-0.25, -0.2) is 0 Å². The van der Waals surface area contributed by atoms with Crippen molar-refractivity contribution >= 4 is 0 Å². The topological polar surface area (TPSA) is 29.3 Å². The number of nitrogens with zero attached hydrogens (tertiary/aromatic N) is 1. The molecule has 0 aromatic carbocycles. The van der Waals surface area contributed by atoms with Crippen LogP contribution in [0.25, 0.3) is 0 Å². The van der Waals surface area contributed by atoms with Crippen LogP contribution in [0.1, 0.15) is 52.4 Å². The summed E-state index contributed by atoms with van der Waals surface area (Å²) in [6.45, 7) is 5.44. The second kappa shape index (κ2) is 6.49. The molecule has 1 aliphatic carbocycles. The maximum absolute atomic E-state index is 5.85. The van der Waals surface area contributed by atoms with Gasteiger partial charge >= 0.3 is 0 Å². The van der Waals surface area contributed by atoms with E-state index in [1.54, 1.807) is 0 Å². The molecule has 0 bridgehead atoms. The molecule has 2 heteroatoms. The minimum atomic E-state index is 0.605. The lowest BCUT2D eigenvalue weighted by molar-refractivity contribution is 0.120. The summed E-state index contributed by atoms with van der Waals surface area (Å²) in [5.41, 5.74) is 5.85. The predicted octanol–water partition coefficient (Wildman–Crippen LogP) is 2.62. The average Bonchev–Trinajstić information content (AvgIpc) is 2.26. The van der Waals surface area contributed by atoms with Crippen LogP contribution in [0.3, 0.4) is 0 Å². The van der Waals surface area contributed by atoms with Gasteiger partial charge in [0.05, 0.1) is 0 Å². The van der Waals surface area contributed by atoms with Crippen molar-refractivity contribution < 1.29 is 0 Å². The highest BCUT2D eigenvalue weighted by Gasteiger charge is 2.25. The summed E-state index contributed by atoms with van der Waals surface area (Å²) < 4.78 is 0. The molecule has 1 saturated carbocycles. The lowest BCUT2D eigenvalue weighted by atomic mass is 9.86. The van der Waals surface area contributed by atoms with Crippen molar-refractivity contribution in [2.45, 2.75) is 64.5 Å². The fourth-order valence-corrected chi connectivity index (χ4v) is 2.77. The summed E-state index contributed by atoms with van der Waals surface area (Å²) >= 11 is 0. The Kier molecular flexibility index (Phi) is 5.62. The standard InChI is InChI=1S/C13H28N2/c1-4-5-13(10-14)15(3)12-8-6-11(2)7-9-12/h11-13H,4-10,14H2,1-3H3. The Hall–Kier alpha value is -0.0800. The van der Waals surface area contributed by atoms with Crippen LogP contribution in [-0.2, 0) is 0 Å². The summed E-state index contributed by atoms with van der Waals surface area (Å²) in [6.07, 6.45) is 8.04. The fraction of sp³-hybridized carbons (Fsp3) is 1.00. The molecule has 2 nitrogen and oxygen atoms in total. The molecular formula is C13H28N2. The largest absolute Gasteiger partial charge is 0.329 e. The van der Waals surface area contributed by atoms with Gasteiger partial charge in [0.25, 0.3) is 0 Å². The van der Waals surface area contributed by atoms with E-state index in [1.165, 1.54) is 38.5 Å². The van der Waals surface area contributed by atoms with Crippen LogP contribution in [0.5, 0.6) is 0 Å². The quantitative estimate of drug-likeness (QED) is 0.759. The fourth-order valence-electron chi connectivity index (χ4n) is 2.77. The minimum absolute atomic E-state index is 0.605. The van der Waals surface area contributed by atoms with Crippen LogP contribution in [0.4, 0.5) is 0 Å². The number of hydrogen-bond donors (Lipinski definition) is 1. The lowest BCUT2D eigenvalue weighted by Gasteiger charge is -2.38. The SMILES string of the molecule is CCCC(CN)N(C)C1CCC(C)CC1. The number of nitrogens with two attached hydrogens (primary N) is 1. The van der Waals surface area contributed by atoms with E-state index in [2.05, 4.69) is 25.8 Å². The van der Waals surface area contributed by atoms with Gasteiger partial charge in [-0.05, 0) is 45.1 Å². The Morgan fingerprint density at radius 1 is 1.27 bits per heavy atom. The molecular weight excluding hydrogens is 184 g/mol. The third kappa shape index (κ3) is 3.76. The Bertz CT molecular complexity index is 162. The molecule has 1 atom stereocenters. The van der Waals surface area contributed by atoms with Gasteiger partial charge in [-0.2, -0.15) is 0 Å². The molecule has 0 aromatic heterocycles. The molecule has 0 spiro atoms. The van der Waals surface area contributed by atoms with Gasteiger partial charge < -0.3 is 5.73 Å². The smallest absolute Gasteiger partial charge is 0.0218 e. The van der Waals surface area contributed by atoms with Crippen molar-refractivity contribution in [2.24, 2.45) is 11.7 Å².